The van der Waals surface area contributed by atoms with Gasteiger partial charge < -0.3 is 5.73 Å². The van der Waals surface area contributed by atoms with E-state index < -0.39 is 0 Å². The molecule has 0 spiro atoms. The van der Waals surface area contributed by atoms with Crippen molar-refractivity contribution in [3.8, 4) is 0 Å². The van der Waals surface area contributed by atoms with Crippen molar-refractivity contribution in [3.05, 3.63) is 34.1 Å². The monoisotopic (exact) mass is 313 g/mol. The van der Waals surface area contributed by atoms with E-state index in [0.717, 1.165) is 19.3 Å². The van der Waals surface area contributed by atoms with Crippen LogP contribution in [0.5, 0.6) is 0 Å². The average molecular weight is 314 g/mol. The van der Waals surface area contributed by atoms with Gasteiger partial charge in [-0.1, -0.05) is 19.9 Å². The van der Waals surface area contributed by atoms with Crippen LogP contribution in [0.4, 0.5) is 4.39 Å². The van der Waals surface area contributed by atoms with Gasteiger partial charge in [-0.3, -0.25) is 0 Å². The SMILES string of the molecule is CC1(C)CCC(N)C(Cc2ccc(F)c(Br)c2)C1. The third-order valence-corrected chi connectivity index (χ3v) is 4.66. The summed E-state index contributed by atoms with van der Waals surface area (Å²) in [5, 5.41) is 0. The van der Waals surface area contributed by atoms with Crippen LogP contribution in [0.15, 0.2) is 22.7 Å². The smallest absolute Gasteiger partial charge is 0.137 e. The third kappa shape index (κ3) is 3.33. The normalized spacial score (nSPS) is 27.2. The topological polar surface area (TPSA) is 26.0 Å². The molecule has 0 bridgehead atoms. The van der Waals surface area contributed by atoms with Crippen LogP contribution in [-0.4, -0.2) is 6.04 Å². The second-order valence-electron chi connectivity index (χ2n) is 6.28. The first-order valence-corrected chi connectivity index (χ1v) is 7.36. The quantitative estimate of drug-likeness (QED) is 0.866. The Morgan fingerprint density at radius 1 is 1.44 bits per heavy atom. The molecule has 0 aromatic heterocycles. The molecular formula is C15H21BrFN. The predicted molar refractivity (Wildman–Crippen MR) is 76.9 cm³/mol. The van der Waals surface area contributed by atoms with Gasteiger partial charge in [-0.05, 0) is 70.6 Å². The van der Waals surface area contributed by atoms with E-state index in [1.165, 1.54) is 18.1 Å². The number of benzene rings is 1. The van der Waals surface area contributed by atoms with Crippen molar-refractivity contribution in [1.82, 2.24) is 0 Å². The lowest BCUT2D eigenvalue weighted by Gasteiger charge is -2.39. The molecule has 18 heavy (non-hydrogen) atoms. The largest absolute Gasteiger partial charge is 0.327 e. The van der Waals surface area contributed by atoms with Crippen LogP contribution >= 0.6 is 15.9 Å². The molecule has 2 N–H and O–H groups in total. The van der Waals surface area contributed by atoms with E-state index >= 15 is 0 Å². The van der Waals surface area contributed by atoms with Gasteiger partial charge in [-0.15, -0.1) is 0 Å². The molecule has 1 aliphatic rings. The Morgan fingerprint density at radius 3 is 2.83 bits per heavy atom. The van der Waals surface area contributed by atoms with Crippen molar-refractivity contribution in [1.29, 1.82) is 0 Å². The summed E-state index contributed by atoms with van der Waals surface area (Å²) in [7, 11) is 0. The van der Waals surface area contributed by atoms with E-state index in [1.54, 1.807) is 0 Å². The zero-order valence-electron chi connectivity index (χ0n) is 11.0. The molecule has 1 aromatic carbocycles. The van der Waals surface area contributed by atoms with E-state index in [1.807, 2.05) is 12.1 Å². The summed E-state index contributed by atoms with van der Waals surface area (Å²) in [6.45, 7) is 4.62. The Hall–Kier alpha value is -0.410. The molecule has 2 unspecified atom stereocenters. The first kappa shape index (κ1) is 14.0. The minimum atomic E-state index is -0.202. The summed E-state index contributed by atoms with van der Waals surface area (Å²) in [6, 6.07) is 5.55. The second-order valence-corrected chi connectivity index (χ2v) is 7.14. The highest BCUT2D eigenvalue weighted by molar-refractivity contribution is 9.10. The number of hydrogen-bond acceptors (Lipinski definition) is 1. The molecule has 1 nitrogen and oxygen atoms in total. The molecule has 2 atom stereocenters. The van der Waals surface area contributed by atoms with Gasteiger partial charge in [-0.25, -0.2) is 4.39 Å². The summed E-state index contributed by atoms with van der Waals surface area (Å²) in [5.41, 5.74) is 7.78. The molecule has 0 heterocycles. The standard InChI is InChI=1S/C15H21BrFN/c1-15(2)6-5-14(18)11(9-15)7-10-3-4-13(17)12(16)8-10/h3-4,8,11,14H,5-7,9,18H2,1-2H3. The van der Waals surface area contributed by atoms with Gasteiger partial charge in [0.2, 0.25) is 0 Å². The summed E-state index contributed by atoms with van der Waals surface area (Å²) in [6.07, 6.45) is 4.41. The highest BCUT2D eigenvalue weighted by Crippen LogP contribution is 2.39. The van der Waals surface area contributed by atoms with Crippen molar-refractivity contribution in [2.45, 2.75) is 45.6 Å². The van der Waals surface area contributed by atoms with Crippen LogP contribution in [0, 0.1) is 17.2 Å². The molecule has 100 valence electrons. The van der Waals surface area contributed by atoms with Gasteiger partial charge in [0.25, 0.3) is 0 Å². The van der Waals surface area contributed by atoms with E-state index in [4.69, 9.17) is 5.73 Å². The van der Waals surface area contributed by atoms with E-state index in [-0.39, 0.29) is 11.9 Å². The molecule has 2 rings (SSSR count). The lowest BCUT2D eigenvalue weighted by atomic mass is 9.68. The fourth-order valence-corrected chi connectivity index (χ4v) is 3.38. The van der Waals surface area contributed by atoms with Gasteiger partial charge in [0.05, 0.1) is 4.47 Å². The maximum atomic E-state index is 13.2. The Balaban J connectivity index is 2.09. The molecule has 0 radical (unpaired) electrons. The summed E-state index contributed by atoms with van der Waals surface area (Å²) in [5.74, 6) is 0.304. The van der Waals surface area contributed by atoms with Gasteiger partial charge >= 0.3 is 0 Å². The lowest BCUT2D eigenvalue weighted by Crippen LogP contribution is -2.40. The van der Waals surface area contributed by atoms with Crippen LogP contribution in [0.2, 0.25) is 0 Å². The van der Waals surface area contributed by atoms with Crippen LogP contribution in [0.1, 0.15) is 38.7 Å². The van der Waals surface area contributed by atoms with E-state index in [2.05, 4.69) is 29.8 Å². The zero-order chi connectivity index (χ0) is 13.3. The van der Waals surface area contributed by atoms with Crippen LogP contribution < -0.4 is 5.73 Å². The fraction of sp³-hybridized carbons (Fsp3) is 0.600. The molecule has 0 amide bonds. The maximum absolute atomic E-state index is 13.2. The molecule has 0 aliphatic heterocycles. The minimum Gasteiger partial charge on any atom is -0.327 e. The highest BCUT2D eigenvalue weighted by atomic mass is 79.9. The molecule has 1 aliphatic carbocycles. The van der Waals surface area contributed by atoms with Crippen LogP contribution in [0.25, 0.3) is 0 Å². The zero-order valence-corrected chi connectivity index (χ0v) is 12.6. The van der Waals surface area contributed by atoms with Gasteiger partial charge in [0.1, 0.15) is 5.82 Å². The molecule has 1 aromatic rings. The summed E-state index contributed by atoms with van der Waals surface area (Å²) in [4.78, 5) is 0. The van der Waals surface area contributed by atoms with Crippen molar-refractivity contribution in [3.63, 3.8) is 0 Å². The van der Waals surface area contributed by atoms with Crippen LogP contribution in [-0.2, 0) is 6.42 Å². The Bertz CT molecular complexity index is 431. The number of halogens is 2. The molecule has 1 saturated carbocycles. The second kappa shape index (κ2) is 5.30. The first-order valence-electron chi connectivity index (χ1n) is 6.57. The minimum absolute atomic E-state index is 0.202. The maximum Gasteiger partial charge on any atom is 0.137 e. The Kier molecular flexibility index (Phi) is 4.12. The lowest BCUT2D eigenvalue weighted by molar-refractivity contribution is 0.157. The molecular weight excluding hydrogens is 293 g/mol. The van der Waals surface area contributed by atoms with Crippen molar-refractivity contribution in [2.24, 2.45) is 17.1 Å². The molecule has 1 fully saturated rings. The fourth-order valence-electron chi connectivity index (χ4n) is 2.95. The van der Waals surface area contributed by atoms with Crippen molar-refractivity contribution in [2.75, 3.05) is 0 Å². The number of hydrogen-bond donors (Lipinski definition) is 1. The third-order valence-electron chi connectivity index (χ3n) is 4.06. The Morgan fingerprint density at radius 2 is 2.17 bits per heavy atom. The van der Waals surface area contributed by atoms with E-state index in [9.17, 15) is 4.39 Å². The average Bonchev–Trinajstić information content (AvgIpc) is 2.28. The Labute approximate surface area is 117 Å². The predicted octanol–water partition coefficient (Wildman–Crippen LogP) is 4.28. The van der Waals surface area contributed by atoms with Gasteiger partial charge in [-0.2, -0.15) is 0 Å². The first-order chi connectivity index (χ1) is 8.37. The van der Waals surface area contributed by atoms with Crippen molar-refractivity contribution >= 4 is 15.9 Å². The number of nitrogens with two attached hydrogens (primary N) is 1. The molecule has 0 saturated heterocycles. The van der Waals surface area contributed by atoms with Gasteiger partial charge in [0, 0.05) is 6.04 Å². The summed E-state index contributed by atoms with van der Waals surface area (Å²) >= 11 is 3.24. The van der Waals surface area contributed by atoms with Gasteiger partial charge in [0.15, 0.2) is 0 Å². The molecule has 3 heteroatoms. The number of rotatable bonds is 2. The van der Waals surface area contributed by atoms with Crippen molar-refractivity contribution < 1.29 is 4.39 Å². The highest BCUT2D eigenvalue weighted by Gasteiger charge is 2.32. The summed E-state index contributed by atoms with van der Waals surface area (Å²) < 4.78 is 13.8. The van der Waals surface area contributed by atoms with Crippen LogP contribution in [0.3, 0.4) is 0 Å². The van der Waals surface area contributed by atoms with E-state index in [0.29, 0.717) is 15.8 Å².